The van der Waals surface area contributed by atoms with Crippen LogP contribution < -0.4 is 4.90 Å². The van der Waals surface area contributed by atoms with Crippen LogP contribution in [0.15, 0.2) is 18.2 Å². The molecule has 1 fully saturated rings. The van der Waals surface area contributed by atoms with E-state index in [0.29, 0.717) is 5.92 Å². The van der Waals surface area contributed by atoms with Crippen LogP contribution in [0.5, 0.6) is 0 Å². The maximum atomic E-state index is 2.53. The molecule has 15 heavy (non-hydrogen) atoms. The SMILES string of the molecule is Cc1ccc(C(C)C)cc1N1CCCC1. The molecule has 1 aromatic rings. The van der Waals surface area contributed by atoms with E-state index in [1.807, 2.05) is 0 Å². The van der Waals surface area contributed by atoms with E-state index in [2.05, 4.69) is 43.9 Å². The van der Waals surface area contributed by atoms with Gasteiger partial charge in [-0.1, -0.05) is 26.0 Å². The summed E-state index contributed by atoms with van der Waals surface area (Å²) in [5, 5.41) is 0. The lowest BCUT2D eigenvalue weighted by Crippen LogP contribution is -2.18. The Hall–Kier alpha value is -0.980. The lowest BCUT2D eigenvalue weighted by molar-refractivity contribution is 0.860. The van der Waals surface area contributed by atoms with E-state index in [4.69, 9.17) is 0 Å². The van der Waals surface area contributed by atoms with Crippen molar-refractivity contribution in [3.63, 3.8) is 0 Å². The van der Waals surface area contributed by atoms with Crippen LogP contribution in [0.2, 0.25) is 0 Å². The third-order valence-electron chi connectivity index (χ3n) is 3.35. The first kappa shape index (κ1) is 10.5. The van der Waals surface area contributed by atoms with Crippen LogP contribution in [0.25, 0.3) is 0 Å². The zero-order valence-corrected chi connectivity index (χ0v) is 10.1. The molecule has 0 atom stereocenters. The lowest BCUT2D eigenvalue weighted by atomic mass is 10.0. The highest BCUT2D eigenvalue weighted by Crippen LogP contribution is 2.27. The van der Waals surface area contributed by atoms with Gasteiger partial charge in [-0.15, -0.1) is 0 Å². The summed E-state index contributed by atoms with van der Waals surface area (Å²) < 4.78 is 0. The van der Waals surface area contributed by atoms with E-state index < -0.39 is 0 Å². The van der Waals surface area contributed by atoms with Crippen LogP contribution in [0.1, 0.15) is 43.7 Å². The number of aryl methyl sites for hydroxylation is 1. The van der Waals surface area contributed by atoms with Crippen LogP contribution in [0.4, 0.5) is 5.69 Å². The zero-order chi connectivity index (χ0) is 10.8. The van der Waals surface area contributed by atoms with Gasteiger partial charge < -0.3 is 4.90 Å². The summed E-state index contributed by atoms with van der Waals surface area (Å²) in [4.78, 5) is 2.53. The first-order valence-electron chi connectivity index (χ1n) is 6.04. The number of hydrogen-bond acceptors (Lipinski definition) is 1. The molecule has 0 aromatic heterocycles. The maximum Gasteiger partial charge on any atom is 0.0398 e. The first-order valence-corrected chi connectivity index (χ1v) is 6.04. The Balaban J connectivity index is 2.31. The molecule has 1 aliphatic rings. The van der Waals surface area contributed by atoms with Crippen LogP contribution in [-0.2, 0) is 0 Å². The summed E-state index contributed by atoms with van der Waals surface area (Å²) >= 11 is 0. The number of nitrogens with zero attached hydrogens (tertiary/aromatic N) is 1. The molecule has 82 valence electrons. The fraction of sp³-hybridized carbons (Fsp3) is 0.571. The summed E-state index contributed by atoms with van der Waals surface area (Å²) in [6.45, 7) is 9.22. The Labute approximate surface area is 93.1 Å². The summed E-state index contributed by atoms with van der Waals surface area (Å²) in [6, 6.07) is 6.91. The van der Waals surface area contributed by atoms with Gasteiger partial charge in [-0.05, 0) is 42.9 Å². The third-order valence-corrected chi connectivity index (χ3v) is 3.35. The van der Waals surface area contributed by atoms with E-state index in [1.165, 1.54) is 42.7 Å². The van der Waals surface area contributed by atoms with Gasteiger partial charge in [0.2, 0.25) is 0 Å². The van der Waals surface area contributed by atoms with Crippen molar-refractivity contribution in [3.05, 3.63) is 29.3 Å². The largest absolute Gasteiger partial charge is 0.371 e. The smallest absolute Gasteiger partial charge is 0.0398 e. The quantitative estimate of drug-likeness (QED) is 0.708. The van der Waals surface area contributed by atoms with Crippen molar-refractivity contribution in [2.75, 3.05) is 18.0 Å². The second kappa shape index (κ2) is 4.26. The zero-order valence-electron chi connectivity index (χ0n) is 10.1. The van der Waals surface area contributed by atoms with Crippen molar-refractivity contribution < 1.29 is 0 Å². The molecule has 0 saturated carbocycles. The molecule has 0 aliphatic carbocycles. The standard InChI is InChI=1S/C14H21N/c1-11(2)13-7-6-12(3)14(10-13)15-8-4-5-9-15/h6-7,10-11H,4-5,8-9H2,1-3H3. The average molecular weight is 203 g/mol. The van der Waals surface area contributed by atoms with Crippen LogP contribution in [-0.4, -0.2) is 13.1 Å². The van der Waals surface area contributed by atoms with Gasteiger partial charge in [0.05, 0.1) is 0 Å². The summed E-state index contributed by atoms with van der Waals surface area (Å²) in [5.41, 5.74) is 4.34. The second-order valence-electron chi connectivity index (χ2n) is 4.89. The van der Waals surface area contributed by atoms with Gasteiger partial charge in [0, 0.05) is 18.8 Å². The number of benzene rings is 1. The summed E-state index contributed by atoms with van der Waals surface area (Å²) in [6.07, 6.45) is 2.71. The molecule has 2 rings (SSSR count). The average Bonchev–Trinajstić information content (AvgIpc) is 2.71. The second-order valence-corrected chi connectivity index (χ2v) is 4.89. The van der Waals surface area contributed by atoms with E-state index in [0.717, 1.165) is 0 Å². The van der Waals surface area contributed by atoms with Gasteiger partial charge in [-0.3, -0.25) is 0 Å². The molecule has 0 N–H and O–H groups in total. The Bertz CT molecular complexity index is 335. The summed E-state index contributed by atoms with van der Waals surface area (Å²) in [5.74, 6) is 0.631. The van der Waals surface area contributed by atoms with Crippen LogP contribution in [0.3, 0.4) is 0 Å². The monoisotopic (exact) mass is 203 g/mol. The Kier molecular flexibility index (Phi) is 2.99. The van der Waals surface area contributed by atoms with Crippen LogP contribution >= 0.6 is 0 Å². The minimum atomic E-state index is 0.631. The maximum absolute atomic E-state index is 2.53. The molecule has 1 heterocycles. The summed E-state index contributed by atoms with van der Waals surface area (Å²) in [7, 11) is 0. The molecule has 0 bridgehead atoms. The molecule has 1 nitrogen and oxygen atoms in total. The topological polar surface area (TPSA) is 3.24 Å². The molecular weight excluding hydrogens is 182 g/mol. The Morgan fingerprint density at radius 2 is 1.80 bits per heavy atom. The van der Waals surface area contributed by atoms with Gasteiger partial charge in [-0.25, -0.2) is 0 Å². The molecule has 0 spiro atoms. The van der Waals surface area contributed by atoms with E-state index >= 15 is 0 Å². The van der Waals surface area contributed by atoms with Crippen molar-refractivity contribution in [1.82, 2.24) is 0 Å². The van der Waals surface area contributed by atoms with Crippen LogP contribution in [0, 0.1) is 6.92 Å². The molecule has 0 unspecified atom stereocenters. The van der Waals surface area contributed by atoms with Gasteiger partial charge in [0.25, 0.3) is 0 Å². The fourth-order valence-corrected chi connectivity index (χ4v) is 2.28. The van der Waals surface area contributed by atoms with Crippen molar-refractivity contribution in [2.45, 2.75) is 39.5 Å². The highest BCUT2D eigenvalue weighted by Gasteiger charge is 2.14. The molecular formula is C14H21N. The van der Waals surface area contributed by atoms with Gasteiger partial charge in [-0.2, -0.15) is 0 Å². The minimum absolute atomic E-state index is 0.631. The number of anilines is 1. The van der Waals surface area contributed by atoms with Crippen molar-refractivity contribution in [1.29, 1.82) is 0 Å². The Morgan fingerprint density at radius 3 is 2.40 bits per heavy atom. The predicted octanol–water partition coefficient (Wildman–Crippen LogP) is 3.72. The highest BCUT2D eigenvalue weighted by atomic mass is 15.1. The molecule has 1 saturated heterocycles. The highest BCUT2D eigenvalue weighted by molar-refractivity contribution is 5.56. The van der Waals surface area contributed by atoms with E-state index in [-0.39, 0.29) is 0 Å². The minimum Gasteiger partial charge on any atom is -0.371 e. The third kappa shape index (κ3) is 2.17. The number of hydrogen-bond donors (Lipinski definition) is 0. The molecule has 0 amide bonds. The van der Waals surface area contributed by atoms with Crippen molar-refractivity contribution in [2.24, 2.45) is 0 Å². The van der Waals surface area contributed by atoms with E-state index in [1.54, 1.807) is 0 Å². The van der Waals surface area contributed by atoms with E-state index in [9.17, 15) is 0 Å². The molecule has 0 radical (unpaired) electrons. The first-order chi connectivity index (χ1) is 7.18. The lowest BCUT2D eigenvalue weighted by Gasteiger charge is -2.21. The van der Waals surface area contributed by atoms with Crippen molar-refractivity contribution >= 4 is 5.69 Å². The number of rotatable bonds is 2. The molecule has 1 aliphatic heterocycles. The Morgan fingerprint density at radius 1 is 1.13 bits per heavy atom. The van der Waals surface area contributed by atoms with Crippen molar-refractivity contribution in [3.8, 4) is 0 Å². The predicted molar refractivity (Wildman–Crippen MR) is 66.7 cm³/mol. The fourth-order valence-electron chi connectivity index (χ4n) is 2.28. The van der Waals surface area contributed by atoms with Gasteiger partial charge in [0.1, 0.15) is 0 Å². The molecule has 1 heteroatoms. The normalized spacial score (nSPS) is 16.4. The van der Waals surface area contributed by atoms with Gasteiger partial charge in [0.15, 0.2) is 0 Å². The molecule has 1 aromatic carbocycles. The van der Waals surface area contributed by atoms with Gasteiger partial charge >= 0.3 is 0 Å².